The lowest BCUT2D eigenvalue weighted by molar-refractivity contribution is 0.0698. The number of aromatic carboxylic acids is 1. The predicted molar refractivity (Wildman–Crippen MR) is 96.4 cm³/mol. The van der Waals surface area contributed by atoms with Crippen LogP contribution in [0, 0.1) is 11.6 Å². The molecule has 0 fully saturated rings. The molecule has 0 unspecified atom stereocenters. The number of carboxylic acids is 1. The van der Waals surface area contributed by atoms with Crippen LogP contribution < -0.4 is 0 Å². The lowest BCUT2D eigenvalue weighted by atomic mass is 10.0. The maximum absolute atomic E-state index is 14.2. The summed E-state index contributed by atoms with van der Waals surface area (Å²) in [5.74, 6) is -2.78. The molecule has 28 heavy (non-hydrogen) atoms. The fourth-order valence-electron chi connectivity index (χ4n) is 2.79. The zero-order valence-electron chi connectivity index (χ0n) is 13.9. The third-order valence-corrected chi connectivity index (χ3v) is 4.36. The molecule has 2 aromatic heterocycles. The van der Waals surface area contributed by atoms with Crippen molar-refractivity contribution in [2.45, 2.75) is 0 Å². The van der Waals surface area contributed by atoms with Crippen LogP contribution in [-0.2, 0) is 0 Å². The summed E-state index contributed by atoms with van der Waals surface area (Å²) in [5.41, 5.74) is -0.406. The molecule has 6 nitrogen and oxygen atoms in total. The molecule has 0 bridgehead atoms. The summed E-state index contributed by atoms with van der Waals surface area (Å²) in [5, 5.41) is 17.4. The van der Waals surface area contributed by atoms with Crippen molar-refractivity contribution in [3.8, 4) is 28.3 Å². The van der Waals surface area contributed by atoms with Crippen molar-refractivity contribution >= 4 is 17.6 Å². The number of hydrogen-bond donors (Lipinski definition) is 1. The Hall–Kier alpha value is -3.52. The summed E-state index contributed by atoms with van der Waals surface area (Å²) in [6.45, 7) is 0. The normalized spacial score (nSPS) is 11.0. The van der Waals surface area contributed by atoms with Gasteiger partial charge >= 0.3 is 5.97 Å². The molecule has 140 valence electrons. The second kappa shape index (κ2) is 6.90. The molecule has 4 aromatic rings. The van der Waals surface area contributed by atoms with Gasteiger partial charge in [0.05, 0.1) is 22.3 Å². The fraction of sp³-hybridized carbons (Fsp3) is 0. The predicted octanol–water partition coefficient (Wildman–Crippen LogP) is 4.82. The second-order valence-electron chi connectivity index (χ2n) is 5.76. The Morgan fingerprint density at radius 3 is 2.57 bits per heavy atom. The second-order valence-corrected chi connectivity index (χ2v) is 6.17. The van der Waals surface area contributed by atoms with Crippen molar-refractivity contribution in [1.82, 2.24) is 14.9 Å². The molecule has 0 saturated heterocycles. The number of hydrogen-bond acceptors (Lipinski definition) is 4. The van der Waals surface area contributed by atoms with Gasteiger partial charge in [-0.2, -0.15) is 5.10 Å². The van der Waals surface area contributed by atoms with Crippen LogP contribution in [0.4, 0.5) is 8.78 Å². The molecule has 0 aliphatic heterocycles. The topological polar surface area (TPSA) is 81.2 Å². The highest BCUT2D eigenvalue weighted by Gasteiger charge is 2.28. The van der Waals surface area contributed by atoms with Gasteiger partial charge in [-0.25, -0.2) is 18.3 Å². The number of para-hydroxylation sites is 1. The van der Waals surface area contributed by atoms with Gasteiger partial charge in [0.25, 0.3) is 0 Å². The third kappa shape index (κ3) is 2.93. The first kappa shape index (κ1) is 17.9. The lowest BCUT2D eigenvalue weighted by Gasteiger charge is -2.03. The zero-order chi connectivity index (χ0) is 19.8. The third-order valence-electron chi connectivity index (χ3n) is 4.05. The molecular weight excluding hydrogens is 392 g/mol. The number of halogens is 3. The van der Waals surface area contributed by atoms with Gasteiger partial charge in [0.2, 0.25) is 0 Å². The van der Waals surface area contributed by atoms with Gasteiger partial charge in [0.15, 0.2) is 5.76 Å². The Labute approximate surface area is 161 Å². The van der Waals surface area contributed by atoms with E-state index in [0.717, 1.165) is 6.07 Å². The van der Waals surface area contributed by atoms with E-state index in [1.54, 1.807) is 6.07 Å². The Kier molecular flexibility index (Phi) is 4.40. The minimum absolute atomic E-state index is 0.00981. The SMILES string of the molecule is O=C(O)c1c(-c2c(F)cccc2Cl)noc1-c1cnn(-c2ccccc2F)c1. The minimum atomic E-state index is -1.38. The molecular formula is C19H10ClF2N3O3. The van der Waals surface area contributed by atoms with Crippen LogP contribution in [0.2, 0.25) is 5.02 Å². The van der Waals surface area contributed by atoms with E-state index >= 15 is 0 Å². The molecule has 0 spiro atoms. The molecule has 0 saturated carbocycles. The fourth-order valence-corrected chi connectivity index (χ4v) is 3.04. The van der Waals surface area contributed by atoms with Gasteiger partial charge < -0.3 is 9.63 Å². The first-order valence-corrected chi connectivity index (χ1v) is 8.32. The van der Waals surface area contributed by atoms with Gasteiger partial charge in [-0.3, -0.25) is 0 Å². The molecule has 0 radical (unpaired) electrons. The van der Waals surface area contributed by atoms with Gasteiger partial charge in [0.1, 0.15) is 28.6 Å². The summed E-state index contributed by atoms with van der Waals surface area (Å²) >= 11 is 6.02. The van der Waals surface area contributed by atoms with Crippen LogP contribution in [0.1, 0.15) is 10.4 Å². The van der Waals surface area contributed by atoms with E-state index in [2.05, 4.69) is 10.3 Å². The van der Waals surface area contributed by atoms with E-state index in [1.807, 2.05) is 0 Å². The van der Waals surface area contributed by atoms with Crippen molar-refractivity contribution in [2.24, 2.45) is 0 Å². The van der Waals surface area contributed by atoms with Gasteiger partial charge in [0, 0.05) is 6.20 Å². The van der Waals surface area contributed by atoms with Gasteiger partial charge in [-0.15, -0.1) is 0 Å². The van der Waals surface area contributed by atoms with Crippen LogP contribution in [-0.4, -0.2) is 26.0 Å². The Morgan fingerprint density at radius 1 is 1.11 bits per heavy atom. The molecule has 2 heterocycles. The quantitative estimate of drug-likeness (QED) is 0.530. The van der Waals surface area contributed by atoms with Gasteiger partial charge in [-0.1, -0.05) is 35.0 Å². The summed E-state index contributed by atoms with van der Waals surface area (Å²) < 4.78 is 34.6. The van der Waals surface area contributed by atoms with Crippen LogP contribution >= 0.6 is 11.6 Å². The Balaban J connectivity index is 1.86. The zero-order valence-corrected chi connectivity index (χ0v) is 14.7. The van der Waals surface area contributed by atoms with Crippen LogP contribution in [0.25, 0.3) is 28.3 Å². The molecule has 0 atom stereocenters. The highest BCUT2D eigenvalue weighted by Crippen LogP contribution is 2.37. The molecule has 0 aliphatic carbocycles. The standard InChI is InChI=1S/C19H10ClF2N3O3/c20-11-4-3-6-13(22)15(11)17-16(19(26)27)18(28-24-17)10-8-23-25(9-10)14-7-2-1-5-12(14)21/h1-9H,(H,26,27). The van der Waals surface area contributed by atoms with E-state index < -0.39 is 17.6 Å². The number of rotatable bonds is 4. The first-order chi connectivity index (χ1) is 13.5. The monoisotopic (exact) mass is 401 g/mol. The number of benzene rings is 2. The average molecular weight is 402 g/mol. The number of carbonyl (C=O) groups is 1. The van der Waals surface area contributed by atoms with Crippen LogP contribution in [0.15, 0.2) is 59.4 Å². The van der Waals surface area contributed by atoms with Crippen molar-refractivity contribution in [3.63, 3.8) is 0 Å². The molecule has 2 aromatic carbocycles. The van der Waals surface area contributed by atoms with Crippen LogP contribution in [0.3, 0.4) is 0 Å². The van der Waals surface area contributed by atoms with Gasteiger partial charge in [-0.05, 0) is 24.3 Å². The Bertz CT molecular complexity index is 1180. The van der Waals surface area contributed by atoms with E-state index in [4.69, 9.17) is 16.1 Å². The number of aromatic nitrogens is 3. The molecule has 4 rings (SSSR count). The van der Waals surface area contributed by atoms with Crippen molar-refractivity contribution < 1.29 is 23.2 Å². The lowest BCUT2D eigenvalue weighted by Crippen LogP contribution is -2.01. The first-order valence-electron chi connectivity index (χ1n) is 7.94. The summed E-state index contributed by atoms with van der Waals surface area (Å²) in [6, 6.07) is 9.89. The maximum Gasteiger partial charge on any atom is 0.342 e. The minimum Gasteiger partial charge on any atom is -0.477 e. The largest absolute Gasteiger partial charge is 0.477 e. The molecule has 0 amide bonds. The Morgan fingerprint density at radius 2 is 1.86 bits per heavy atom. The van der Waals surface area contributed by atoms with Crippen LogP contribution in [0.5, 0.6) is 0 Å². The highest BCUT2D eigenvalue weighted by atomic mass is 35.5. The molecule has 0 aliphatic rings. The van der Waals surface area contributed by atoms with Crippen molar-refractivity contribution in [1.29, 1.82) is 0 Å². The molecule has 1 N–H and O–H groups in total. The average Bonchev–Trinajstić information content (AvgIpc) is 3.29. The summed E-state index contributed by atoms with van der Waals surface area (Å²) in [6.07, 6.45) is 2.68. The number of nitrogens with zero attached hydrogens (tertiary/aromatic N) is 3. The molecule has 9 heteroatoms. The van der Waals surface area contributed by atoms with E-state index in [-0.39, 0.29) is 38.9 Å². The van der Waals surface area contributed by atoms with Crippen molar-refractivity contribution in [2.75, 3.05) is 0 Å². The van der Waals surface area contributed by atoms with E-state index in [0.29, 0.717) is 0 Å². The highest BCUT2D eigenvalue weighted by molar-refractivity contribution is 6.33. The van der Waals surface area contributed by atoms with E-state index in [9.17, 15) is 18.7 Å². The smallest absolute Gasteiger partial charge is 0.342 e. The maximum atomic E-state index is 14.2. The van der Waals surface area contributed by atoms with Crippen molar-refractivity contribution in [3.05, 3.63) is 77.1 Å². The van der Waals surface area contributed by atoms with E-state index in [1.165, 1.54) is 47.4 Å². The summed E-state index contributed by atoms with van der Waals surface area (Å²) in [7, 11) is 0. The summed E-state index contributed by atoms with van der Waals surface area (Å²) in [4.78, 5) is 11.9. The number of carboxylic acid groups (broad SMARTS) is 1.